The summed E-state index contributed by atoms with van der Waals surface area (Å²) in [4.78, 5) is 17.2. The molecule has 2 rings (SSSR count). The Morgan fingerprint density at radius 3 is 2.34 bits per heavy atom. The molecule has 0 aliphatic carbocycles. The van der Waals surface area contributed by atoms with Crippen LogP contribution in [0.25, 0.3) is 0 Å². The van der Waals surface area contributed by atoms with E-state index in [-0.39, 0.29) is 11.9 Å². The molecule has 0 bridgehead atoms. The number of carbonyl (C=O) groups is 1. The first kappa shape index (κ1) is 22.9. The van der Waals surface area contributed by atoms with Crippen LogP contribution in [0.2, 0.25) is 0 Å². The van der Waals surface area contributed by atoms with Gasteiger partial charge in [-0.05, 0) is 69.9 Å². The molecule has 0 fully saturated rings. The summed E-state index contributed by atoms with van der Waals surface area (Å²) in [7, 11) is 5.69. The highest BCUT2D eigenvalue weighted by molar-refractivity contribution is 5.94. The summed E-state index contributed by atoms with van der Waals surface area (Å²) >= 11 is 0. The standard InChI is InChI=1S/C24H35N3O2/c1-7-27(18(2)3)17-19-11-13-20(14-12-19)24(28)25-16-23(26(4)5)21-9-8-10-22(15-21)29-6/h8-15,18,23H,7,16-17H2,1-6H3,(H,25,28). The summed E-state index contributed by atoms with van der Waals surface area (Å²) in [6.45, 7) is 9.01. The van der Waals surface area contributed by atoms with Crippen LogP contribution in [0.3, 0.4) is 0 Å². The summed E-state index contributed by atoms with van der Waals surface area (Å²) in [5.74, 6) is 0.765. The lowest BCUT2D eigenvalue weighted by Crippen LogP contribution is -2.34. The molecule has 158 valence electrons. The van der Waals surface area contributed by atoms with E-state index in [0.29, 0.717) is 18.2 Å². The molecule has 1 atom stereocenters. The summed E-state index contributed by atoms with van der Waals surface area (Å²) in [6, 6.07) is 16.5. The van der Waals surface area contributed by atoms with Crippen LogP contribution >= 0.6 is 0 Å². The number of hydrogen-bond donors (Lipinski definition) is 1. The lowest BCUT2D eigenvalue weighted by molar-refractivity contribution is 0.0942. The monoisotopic (exact) mass is 397 g/mol. The van der Waals surface area contributed by atoms with E-state index in [9.17, 15) is 4.79 Å². The molecule has 0 spiro atoms. The fourth-order valence-corrected chi connectivity index (χ4v) is 3.39. The van der Waals surface area contributed by atoms with E-state index in [2.05, 4.69) is 42.0 Å². The number of benzene rings is 2. The Labute approximate surface area is 175 Å². The maximum absolute atomic E-state index is 12.7. The van der Waals surface area contributed by atoms with E-state index in [1.54, 1.807) is 7.11 Å². The summed E-state index contributed by atoms with van der Waals surface area (Å²) < 4.78 is 5.33. The number of nitrogens with one attached hydrogen (secondary N) is 1. The van der Waals surface area contributed by atoms with Gasteiger partial charge < -0.3 is 15.0 Å². The predicted octanol–water partition coefficient (Wildman–Crippen LogP) is 3.96. The third kappa shape index (κ3) is 6.58. The first-order chi connectivity index (χ1) is 13.8. The van der Waals surface area contributed by atoms with Gasteiger partial charge in [0.1, 0.15) is 5.75 Å². The van der Waals surface area contributed by atoms with Gasteiger partial charge in [-0.1, -0.05) is 31.2 Å². The van der Waals surface area contributed by atoms with Crippen LogP contribution in [0.15, 0.2) is 48.5 Å². The number of likely N-dealkylation sites (N-methyl/N-ethyl adjacent to an activating group) is 1. The van der Waals surface area contributed by atoms with E-state index < -0.39 is 0 Å². The average Bonchev–Trinajstić information content (AvgIpc) is 2.72. The molecule has 2 aromatic carbocycles. The quantitative estimate of drug-likeness (QED) is 0.659. The van der Waals surface area contributed by atoms with Crippen LogP contribution in [-0.4, -0.2) is 56.0 Å². The minimum atomic E-state index is -0.0532. The van der Waals surface area contributed by atoms with Crippen molar-refractivity contribution in [1.29, 1.82) is 0 Å². The fourth-order valence-electron chi connectivity index (χ4n) is 3.39. The summed E-state index contributed by atoms with van der Waals surface area (Å²) in [5.41, 5.74) is 3.02. The second-order valence-corrected chi connectivity index (χ2v) is 7.82. The van der Waals surface area contributed by atoms with Crippen LogP contribution in [0.5, 0.6) is 5.75 Å². The number of amides is 1. The van der Waals surface area contributed by atoms with Crippen molar-refractivity contribution < 1.29 is 9.53 Å². The van der Waals surface area contributed by atoms with Gasteiger partial charge in [0, 0.05) is 24.7 Å². The Hall–Kier alpha value is -2.37. The van der Waals surface area contributed by atoms with Crippen molar-refractivity contribution in [2.75, 3.05) is 34.3 Å². The third-order valence-electron chi connectivity index (χ3n) is 5.30. The molecule has 1 N–H and O–H groups in total. The van der Waals surface area contributed by atoms with Gasteiger partial charge in [0.05, 0.1) is 13.2 Å². The molecule has 0 saturated heterocycles. The smallest absolute Gasteiger partial charge is 0.251 e. The van der Waals surface area contributed by atoms with E-state index >= 15 is 0 Å². The van der Waals surface area contributed by atoms with Crippen molar-refractivity contribution in [3.63, 3.8) is 0 Å². The molecule has 0 aliphatic heterocycles. The normalized spacial score (nSPS) is 12.4. The number of carbonyl (C=O) groups excluding carboxylic acids is 1. The van der Waals surface area contributed by atoms with Crippen molar-refractivity contribution in [3.05, 3.63) is 65.2 Å². The molecular formula is C24H35N3O2. The Morgan fingerprint density at radius 2 is 1.79 bits per heavy atom. The maximum Gasteiger partial charge on any atom is 0.251 e. The third-order valence-corrected chi connectivity index (χ3v) is 5.30. The minimum Gasteiger partial charge on any atom is -0.497 e. The van der Waals surface area contributed by atoms with Crippen molar-refractivity contribution in [1.82, 2.24) is 15.1 Å². The van der Waals surface area contributed by atoms with Crippen LogP contribution in [0.1, 0.15) is 48.3 Å². The first-order valence-corrected chi connectivity index (χ1v) is 10.3. The highest BCUT2D eigenvalue weighted by atomic mass is 16.5. The van der Waals surface area contributed by atoms with Crippen molar-refractivity contribution >= 4 is 5.91 Å². The lowest BCUT2D eigenvalue weighted by atomic mass is 10.1. The zero-order valence-electron chi connectivity index (χ0n) is 18.6. The van der Waals surface area contributed by atoms with Gasteiger partial charge in [-0.2, -0.15) is 0 Å². The van der Waals surface area contributed by atoms with Gasteiger partial charge in [0.25, 0.3) is 5.91 Å². The SMILES string of the molecule is CCN(Cc1ccc(C(=O)NCC(c2cccc(OC)c2)N(C)C)cc1)C(C)C. The molecule has 0 saturated carbocycles. The van der Waals surface area contributed by atoms with Gasteiger partial charge in [0.15, 0.2) is 0 Å². The number of methoxy groups -OCH3 is 1. The summed E-state index contributed by atoms with van der Waals surface area (Å²) in [5, 5.41) is 3.07. The van der Waals surface area contributed by atoms with Gasteiger partial charge >= 0.3 is 0 Å². The minimum absolute atomic E-state index is 0.0532. The number of rotatable bonds is 10. The van der Waals surface area contributed by atoms with Crippen molar-refractivity contribution in [2.24, 2.45) is 0 Å². The van der Waals surface area contributed by atoms with Crippen molar-refractivity contribution in [2.45, 2.75) is 39.4 Å². The Bertz CT molecular complexity index is 772. The maximum atomic E-state index is 12.7. The zero-order valence-corrected chi connectivity index (χ0v) is 18.6. The highest BCUT2D eigenvalue weighted by Crippen LogP contribution is 2.22. The molecule has 2 aromatic rings. The Kier molecular flexibility index (Phi) is 8.68. The predicted molar refractivity (Wildman–Crippen MR) is 119 cm³/mol. The first-order valence-electron chi connectivity index (χ1n) is 10.3. The fraction of sp³-hybridized carbons (Fsp3) is 0.458. The number of nitrogens with zero attached hydrogens (tertiary/aromatic N) is 2. The van der Waals surface area contributed by atoms with E-state index in [1.165, 1.54) is 5.56 Å². The van der Waals surface area contributed by atoms with Gasteiger partial charge in [-0.25, -0.2) is 0 Å². The van der Waals surface area contributed by atoms with E-state index in [0.717, 1.165) is 24.4 Å². The van der Waals surface area contributed by atoms with Crippen LogP contribution < -0.4 is 10.1 Å². The second-order valence-electron chi connectivity index (χ2n) is 7.82. The van der Waals surface area contributed by atoms with Crippen LogP contribution in [0, 0.1) is 0 Å². The molecule has 29 heavy (non-hydrogen) atoms. The average molecular weight is 398 g/mol. The van der Waals surface area contributed by atoms with Crippen LogP contribution in [-0.2, 0) is 6.54 Å². The number of ether oxygens (including phenoxy) is 1. The largest absolute Gasteiger partial charge is 0.497 e. The molecule has 5 nitrogen and oxygen atoms in total. The van der Waals surface area contributed by atoms with Gasteiger partial charge in [-0.15, -0.1) is 0 Å². The Balaban J connectivity index is 2.01. The molecule has 0 heterocycles. The summed E-state index contributed by atoms with van der Waals surface area (Å²) in [6.07, 6.45) is 0. The molecule has 0 radical (unpaired) electrons. The molecule has 1 unspecified atom stereocenters. The molecule has 0 aliphatic rings. The molecular weight excluding hydrogens is 362 g/mol. The van der Waals surface area contributed by atoms with Crippen molar-refractivity contribution in [3.8, 4) is 5.75 Å². The molecule has 1 amide bonds. The topological polar surface area (TPSA) is 44.8 Å². The zero-order chi connectivity index (χ0) is 21.4. The molecule has 0 aromatic heterocycles. The van der Waals surface area contributed by atoms with Crippen LogP contribution in [0.4, 0.5) is 0 Å². The van der Waals surface area contributed by atoms with Gasteiger partial charge in [0.2, 0.25) is 0 Å². The second kappa shape index (κ2) is 11.0. The highest BCUT2D eigenvalue weighted by Gasteiger charge is 2.17. The number of hydrogen-bond acceptors (Lipinski definition) is 4. The van der Waals surface area contributed by atoms with E-state index in [4.69, 9.17) is 4.74 Å². The molecule has 5 heteroatoms. The van der Waals surface area contributed by atoms with Gasteiger partial charge in [-0.3, -0.25) is 9.69 Å². The lowest BCUT2D eigenvalue weighted by Gasteiger charge is -2.25. The van der Waals surface area contributed by atoms with E-state index in [1.807, 2.05) is 56.6 Å². The Morgan fingerprint density at radius 1 is 1.10 bits per heavy atom.